The van der Waals surface area contributed by atoms with Crippen molar-refractivity contribution in [2.45, 2.75) is 6.92 Å². The van der Waals surface area contributed by atoms with Crippen molar-refractivity contribution in [3.8, 4) is 5.69 Å². The standard InChI is InChI=1S/C18H17N5O2/c1-2-19-17(24)14-4-3-5-15(12-14)21-18(25)13-6-8-16(9-7-13)23-11-10-20-22-23/h3-12H,2H2,1H3,(H,19,24)(H,21,25). The Kier molecular flexibility index (Phi) is 4.84. The smallest absolute Gasteiger partial charge is 0.255 e. The zero-order chi connectivity index (χ0) is 17.6. The van der Waals surface area contributed by atoms with Crippen LogP contribution in [-0.2, 0) is 0 Å². The maximum Gasteiger partial charge on any atom is 0.255 e. The second-order valence-electron chi connectivity index (χ2n) is 5.29. The number of nitrogens with zero attached hydrogens (tertiary/aromatic N) is 3. The van der Waals surface area contributed by atoms with Gasteiger partial charge in [-0.05, 0) is 49.4 Å². The third-order valence-corrected chi connectivity index (χ3v) is 3.54. The van der Waals surface area contributed by atoms with Gasteiger partial charge in [-0.15, -0.1) is 5.10 Å². The minimum Gasteiger partial charge on any atom is -0.352 e. The predicted octanol–water partition coefficient (Wildman–Crippen LogP) is 2.27. The van der Waals surface area contributed by atoms with Gasteiger partial charge in [0.05, 0.1) is 18.1 Å². The van der Waals surface area contributed by atoms with Gasteiger partial charge in [0.2, 0.25) is 0 Å². The molecule has 2 amide bonds. The number of rotatable bonds is 5. The molecule has 0 aliphatic rings. The molecule has 1 heterocycles. The summed E-state index contributed by atoms with van der Waals surface area (Å²) in [5.41, 5.74) is 2.38. The normalized spacial score (nSPS) is 10.3. The SMILES string of the molecule is CCNC(=O)c1cccc(NC(=O)c2ccc(-n3ccnn3)cc2)c1. The van der Waals surface area contributed by atoms with Crippen LogP contribution in [0.5, 0.6) is 0 Å². The van der Waals surface area contributed by atoms with Crippen LogP contribution in [0.25, 0.3) is 5.69 Å². The Hall–Kier alpha value is -3.48. The van der Waals surface area contributed by atoms with Crippen LogP contribution in [0.4, 0.5) is 5.69 Å². The van der Waals surface area contributed by atoms with Crippen molar-refractivity contribution >= 4 is 17.5 Å². The molecule has 0 unspecified atom stereocenters. The first-order valence-electron chi connectivity index (χ1n) is 7.83. The van der Waals surface area contributed by atoms with E-state index in [0.29, 0.717) is 23.4 Å². The van der Waals surface area contributed by atoms with Crippen molar-refractivity contribution in [3.05, 3.63) is 72.1 Å². The predicted molar refractivity (Wildman–Crippen MR) is 93.8 cm³/mol. The average molecular weight is 335 g/mol. The van der Waals surface area contributed by atoms with E-state index in [0.717, 1.165) is 5.69 Å². The Morgan fingerprint density at radius 2 is 1.84 bits per heavy atom. The molecule has 1 aromatic heterocycles. The summed E-state index contributed by atoms with van der Waals surface area (Å²) < 4.78 is 1.61. The highest BCUT2D eigenvalue weighted by Gasteiger charge is 2.09. The molecule has 2 aromatic carbocycles. The number of anilines is 1. The fourth-order valence-corrected chi connectivity index (χ4v) is 2.32. The van der Waals surface area contributed by atoms with Crippen LogP contribution >= 0.6 is 0 Å². The number of amides is 2. The number of hydrogen-bond acceptors (Lipinski definition) is 4. The third kappa shape index (κ3) is 3.89. The molecule has 0 spiro atoms. The van der Waals surface area contributed by atoms with Crippen molar-refractivity contribution in [3.63, 3.8) is 0 Å². The van der Waals surface area contributed by atoms with Gasteiger partial charge in [-0.25, -0.2) is 4.68 Å². The number of carbonyl (C=O) groups is 2. The summed E-state index contributed by atoms with van der Waals surface area (Å²) in [5, 5.41) is 13.2. The Morgan fingerprint density at radius 1 is 1.04 bits per heavy atom. The van der Waals surface area contributed by atoms with Gasteiger partial charge >= 0.3 is 0 Å². The summed E-state index contributed by atoms with van der Waals surface area (Å²) in [5.74, 6) is -0.422. The molecule has 0 aliphatic heterocycles. The van der Waals surface area contributed by atoms with Crippen LogP contribution in [0.1, 0.15) is 27.6 Å². The zero-order valence-electron chi connectivity index (χ0n) is 13.6. The van der Waals surface area contributed by atoms with Crippen molar-refractivity contribution in [1.82, 2.24) is 20.3 Å². The molecule has 0 bridgehead atoms. The molecule has 3 aromatic rings. The number of hydrogen-bond donors (Lipinski definition) is 2. The maximum absolute atomic E-state index is 12.4. The summed E-state index contributed by atoms with van der Waals surface area (Å²) in [4.78, 5) is 24.2. The molecular formula is C18H17N5O2. The van der Waals surface area contributed by atoms with Gasteiger partial charge in [-0.3, -0.25) is 9.59 Å². The van der Waals surface area contributed by atoms with Gasteiger partial charge in [0.15, 0.2) is 0 Å². The van der Waals surface area contributed by atoms with E-state index in [1.807, 2.05) is 6.92 Å². The van der Waals surface area contributed by atoms with Crippen molar-refractivity contribution in [1.29, 1.82) is 0 Å². The van der Waals surface area contributed by atoms with Gasteiger partial charge in [0.1, 0.15) is 0 Å². The van der Waals surface area contributed by atoms with Crippen molar-refractivity contribution < 1.29 is 9.59 Å². The molecule has 0 radical (unpaired) electrons. The fraction of sp³-hybridized carbons (Fsp3) is 0.111. The lowest BCUT2D eigenvalue weighted by Gasteiger charge is -2.08. The van der Waals surface area contributed by atoms with E-state index in [9.17, 15) is 9.59 Å². The van der Waals surface area contributed by atoms with E-state index < -0.39 is 0 Å². The van der Waals surface area contributed by atoms with Gasteiger partial charge in [0.25, 0.3) is 11.8 Å². The number of carbonyl (C=O) groups excluding carboxylic acids is 2. The van der Waals surface area contributed by atoms with Crippen LogP contribution in [-0.4, -0.2) is 33.4 Å². The average Bonchev–Trinajstić information content (AvgIpc) is 3.17. The third-order valence-electron chi connectivity index (χ3n) is 3.54. The van der Waals surface area contributed by atoms with Gasteiger partial charge in [-0.1, -0.05) is 11.3 Å². The molecule has 0 saturated carbocycles. The highest BCUT2D eigenvalue weighted by Crippen LogP contribution is 2.14. The summed E-state index contributed by atoms with van der Waals surface area (Å²) in [6.45, 7) is 2.40. The molecule has 7 nitrogen and oxygen atoms in total. The number of nitrogens with one attached hydrogen (secondary N) is 2. The molecule has 0 saturated heterocycles. The first-order valence-corrected chi connectivity index (χ1v) is 7.83. The molecule has 0 atom stereocenters. The van der Waals surface area contributed by atoms with E-state index in [2.05, 4.69) is 20.9 Å². The Labute approximate surface area is 144 Å². The van der Waals surface area contributed by atoms with E-state index in [1.165, 1.54) is 0 Å². The first-order chi connectivity index (χ1) is 12.2. The molecule has 2 N–H and O–H groups in total. The molecule has 7 heteroatoms. The van der Waals surface area contributed by atoms with E-state index in [1.54, 1.807) is 65.6 Å². The minimum absolute atomic E-state index is 0.171. The van der Waals surface area contributed by atoms with Crippen molar-refractivity contribution in [2.24, 2.45) is 0 Å². The Balaban J connectivity index is 1.72. The van der Waals surface area contributed by atoms with Gasteiger partial charge < -0.3 is 10.6 Å². The van der Waals surface area contributed by atoms with Crippen LogP contribution < -0.4 is 10.6 Å². The second-order valence-corrected chi connectivity index (χ2v) is 5.29. The van der Waals surface area contributed by atoms with Crippen LogP contribution in [0.15, 0.2) is 60.9 Å². The maximum atomic E-state index is 12.4. The molecule has 3 rings (SSSR count). The summed E-state index contributed by atoms with van der Waals surface area (Å²) in [6.07, 6.45) is 3.31. The largest absolute Gasteiger partial charge is 0.352 e. The lowest BCUT2D eigenvalue weighted by atomic mass is 10.1. The van der Waals surface area contributed by atoms with E-state index in [4.69, 9.17) is 0 Å². The van der Waals surface area contributed by atoms with Crippen LogP contribution in [0, 0.1) is 0 Å². The minimum atomic E-state index is -0.252. The van der Waals surface area contributed by atoms with Crippen molar-refractivity contribution in [2.75, 3.05) is 11.9 Å². The number of benzene rings is 2. The topological polar surface area (TPSA) is 88.9 Å². The van der Waals surface area contributed by atoms with Gasteiger partial charge in [0, 0.05) is 23.4 Å². The highest BCUT2D eigenvalue weighted by molar-refractivity contribution is 6.05. The monoisotopic (exact) mass is 335 g/mol. The zero-order valence-corrected chi connectivity index (χ0v) is 13.6. The second kappa shape index (κ2) is 7.39. The fourth-order valence-electron chi connectivity index (χ4n) is 2.32. The Bertz CT molecular complexity index is 873. The van der Waals surface area contributed by atoms with E-state index >= 15 is 0 Å². The number of aromatic nitrogens is 3. The molecule has 25 heavy (non-hydrogen) atoms. The quantitative estimate of drug-likeness (QED) is 0.748. The van der Waals surface area contributed by atoms with E-state index in [-0.39, 0.29) is 11.8 Å². The van der Waals surface area contributed by atoms with Crippen LogP contribution in [0.3, 0.4) is 0 Å². The summed E-state index contributed by atoms with van der Waals surface area (Å²) >= 11 is 0. The summed E-state index contributed by atoms with van der Waals surface area (Å²) in [7, 11) is 0. The molecule has 0 aliphatic carbocycles. The lowest BCUT2D eigenvalue weighted by molar-refractivity contribution is 0.0954. The molecular weight excluding hydrogens is 318 g/mol. The molecule has 0 fully saturated rings. The highest BCUT2D eigenvalue weighted by atomic mass is 16.2. The summed E-state index contributed by atoms with van der Waals surface area (Å²) in [6, 6.07) is 13.8. The molecule has 126 valence electrons. The lowest BCUT2D eigenvalue weighted by Crippen LogP contribution is -2.22. The first kappa shape index (κ1) is 16.4. The van der Waals surface area contributed by atoms with Crippen LogP contribution in [0.2, 0.25) is 0 Å². The van der Waals surface area contributed by atoms with Gasteiger partial charge in [-0.2, -0.15) is 0 Å². The Morgan fingerprint density at radius 3 is 2.52 bits per heavy atom.